The molecular formula is C58H72N14O23. The molecule has 20 N–H and O–H groups in total. The molecule has 1 aliphatic heterocycles. The number of primary amides is 1. The number of benzene rings is 2. The quantitative estimate of drug-likeness (QED) is 0.0389. The maximum absolute atomic E-state index is 15.0. The molecule has 3 unspecified atom stereocenters. The van der Waals surface area contributed by atoms with Crippen LogP contribution in [0.25, 0.3) is 21.8 Å². The number of cyclic esters (lactones) is 1. The minimum Gasteiger partial charge on any atom is -0.481 e. The molecule has 0 radical (unpaired) electrons. The molecule has 4 aromatic rings. The van der Waals surface area contributed by atoms with Gasteiger partial charge in [-0.05, 0) is 50.5 Å². The fourth-order valence-electron chi connectivity index (χ4n) is 9.67. The smallest absolute Gasteiger partial charge is 0.329 e. The topological polar surface area (TPSA) is 590 Å². The van der Waals surface area contributed by atoms with E-state index in [1.54, 1.807) is 48.5 Å². The fourth-order valence-corrected chi connectivity index (χ4v) is 9.67. The molecule has 0 aliphatic carbocycles. The Kier molecular flexibility index (Phi) is 26.7. The third kappa shape index (κ3) is 22.1. The molecule has 12 atom stereocenters. The highest BCUT2D eigenvalue weighted by Gasteiger charge is 2.40. The van der Waals surface area contributed by atoms with Crippen LogP contribution in [0.3, 0.4) is 0 Å². The lowest BCUT2D eigenvalue weighted by atomic mass is 10.0. The van der Waals surface area contributed by atoms with Gasteiger partial charge in [0.2, 0.25) is 70.9 Å². The van der Waals surface area contributed by atoms with Crippen molar-refractivity contribution in [2.24, 2.45) is 5.73 Å². The first-order valence-corrected chi connectivity index (χ1v) is 29.1. The molecule has 37 heteroatoms. The average Bonchev–Trinajstić information content (AvgIpc) is 1.76. The molecule has 3 heterocycles. The van der Waals surface area contributed by atoms with Crippen LogP contribution in [0.4, 0.5) is 0 Å². The molecule has 0 spiro atoms. The summed E-state index contributed by atoms with van der Waals surface area (Å²) in [5.41, 5.74) is 6.99. The van der Waals surface area contributed by atoms with E-state index in [9.17, 15) is 107 Å². The van der Waals surface area contributed by atoms with Gasteiger partial charge in [-0.3, -0.25) is 76.7 Å². The van der Waals surface area contributed by atoms with Crippen LogP contribution in [0.2, 0.25) is 0 Å². The zero-order valence-corrected chi connectivity index (χ0v) is 51.2. The predicted molar refractivity (Wildman–Crippen MR) is 322 cm³/mol. The Hall–Kier alpha value is -11.5. The summed E-state index contributed by atoms with van der Waals surface area (Å²) in [4.78, 5) is 235. The maximum atomic E-state index is 15.0. The molecule has 512 valence electrons. The van der Waals surface area contributed by atoms with Gasteiger partial charge in [0.1, 0.15) is 72.6 Å². The number of aliphatic hydroxyl groups is 1. The highest BCUT2D eigenvalue weighted by atomic mass is 16.5. The zero-order valence-electron chi connectivity index (χ0n) is 51.2. The number of hydrogen-bond acceptors (Lipinski definition) is 19. The highest BCUT2D eigenvalue weighted by Crippen LogP contribution is 2.22. The number of para-hydroxylation sites is 2. The second-order valence-electron chi connectivity index (χ2n) is 22.0. The van der Waals surface area contributed by atoms with Gasteiger partial charge in [-0.1, -0.05) is 36.4 Å². The monoisotopic (exact) mass is 1330 g/mol. The van der Waals surface area contributed by atoms with E-state index in [4.69, 9.17) is 10.5 Å². The summed E-state index contributed by atoms with van der Waals surface area (Å²) >= 11 is 0. The molecule has 37 nitrogen and oxygen atoms in total. The highest BCUT2D eigenvalue weighted by molar-refractivity contribution is 6.02. The standard InChI is InChI=1S/C58H72N14O23/c1-24-48(84)66-36(17-42(59)75)54(90)65-34(13-14-43(76)77)50(86)71-40(16-29-22-61-33-12-8-6-10-31(29)33)58(94)95-26(3)47(72-56(92)41(23-73)64-27(4)74)57(93)70-35(15-28-21-60-32-11-7-5-9-30(28)32)53(89)69-39(20-46(82)83)55(91)68-38(19-45(80)81)52(88)63-25(2)49(85)67-37(18-44(78)79)51(87)62-24/h5-12,21-22,24-26,34-41,47,60-61,73H,13-20,23H2,1-4H3,(H2,59,75)(H,62,87)(H,63,88)(H,64,74)(H,65,90)(H,66,84)(H,67,85)(H,68,91)(H,69,89)(H,70,93)(H,71,86)(H,72,92)(H,76,77)(H,78,79)(H,80,81)(H,82,83)/t24-,25+,26+,34-,35+,36?,37-,38-,39?,40?,41-,47-/m0/s1. The number of aliphatic hydroxyl groups excluding tert-OH is 1. The summed E-state index contributed by atoms with van der Waals surface area (Å²) in [6, 6.07) is -9.14. The van der Waals surface area contributed by atoms with Crippen molar-refractivity contribution in [1.82, 2.24) is 68.5 Å². The number of carboxylic acids is 4. The number of H-pyrrole nitrogens is 2. The van der Waals surface area contributed by atoms with Crippen molar-refractivity contribution >= 4 is 123 Å². The SMILES string of the molecule is CC(=O)N[C@@H](CO)C(=O)N[C@@H]1C(=O)N[C@H](Cc2c[nH]c3ccccc23)C(=O)NC(CC(=O)O)C(=O)N[C@@H](CC(=O)O)C(=O)N[C@H](C)C(=O)N[C@@H](CC(=O)O)C(=O)N[C@@H](C)C(=O)NC(CC(N)=O)C(=O)N[C@@H](CCC(=O)O)C(=O)NC(Cc2c[nH]c3ccccc23)C(=O)O[C@@H]1C. The molecule has 2 aromatic carbocycles. The van der Waals surface area contributed by atoms with Crippen LogP contribution >= 0.6 is 0 Å². The van der Waals surface area contributed by atoms with Crippen molar-refractivity contribution < 1.29 is 112 Å². The van der Waals surface area contributed by atoms with E-state index in [-0.39, 0.29) is 5.56 Å². The van der Waals surface area contributed by atoms with Gasteiger partial charge in [0, 0.05) is 60.4 Å². The Morgan fingerprint density at radius 1 is 0.495 bits per heavy atom. The number of nitrogens with two attached hydrogens (primary N) is 1. The van der Waals surface area contributed by atoms with Gasteiger partial charge in [-0.2, -0.15) is 0 Å². The van der Waals surface area contributed by atoms with Crippen LogP contribution in [-0.4, -0.2) is 215 Å². The Labute approximate surface area is 537 Å². The van der Waals surface area contributed by atoms with Gasteiger partial charge >= 0.3 is 29.8 Å². The van der Waals surface area contributed by atoms with Crippen LogP contribution < -0.4 is 64.2 Å². The molecular weight excluding hydrogens is 1260 g/mol. The van der Waals surface area contributed by atoms with Gasteiger partial charge in [0.25, 0.3) is 0 Å². The molecule has 2 aromatic heterocycles. The van der Waals surface area contributed by atoms with E-state index in [2.05, 4.69) is 57.8 Å². The maximum Gasteiger partial charge on any atom is 0.329 e. The van der Waals surface area contributed by atoms with Crippen LogP contribution in [0.1, 0.15) is 77.3 Å². The first-order chi connectivity index (χ1) is 44.7. The molecule has 1 fully saturated rings. The normalized spacial score (nSPS) is 23.9. The van der Waals surface area contributed by atoms with Crippen molar-refractivity contribution in [3.8, 4) is 0 Å². The van der Waals surface area contributed by atoms with E-state index < -0.39 is 231 Å². The van der Waals surface area contributed by atoms with E-state index in [0.29, 0.717) is 27.4 Å². The second-order valence-corrected chi connectivity index (χ2v) is 22.0. The van der Waals surface area contributed by atoms with Crippen molar-refractivity contribution in [2.45, 2.75) is 152 Å². The molecule has 1 saturated heterocycles. The largest absolute Gasteiger partial charge is 0.481 e. The van der Waals surface area contributed by atoms with Crippen LogP contribution in [0.15, 0.2) is 60.9 Å². The van der Waals surface area contributed by atoms with Gasteiger partial charge in [-0.15, -0.1) is 0 Å². The van der Waals surface area contributed by atoms with Gasteiger partial charge in [-0.25, -0.2) is 4.79 Å². The third-order valence-electron chi connectivity index (χ3n) is 14.5. The Morgan fingerprint density at radius 3 is 1.31 bits per heavy atom. The number of aromatic amines is 2. The average molecular weight is 1330 g/mol. The summed E-state index contributed by atoms with van der Waals surface area (Å²) in [6.45, 7) is 2.85. The Balaban J connectivity index is 1.69. The van der Waals surface area contributed by atoms with Crippen molar-refractivity contribution in [3.05, 3.63) is 72.1 Å². The molecule has 95 heavy (non-hydrogen) atoms. The number of hydrogen-bond donors (Lipinski definition) is 19. The van der Waals surface area contributed by atoms with E-state index in [1.807, 2.05) is 10.6 Å². The lowest BCUT2D eigenvalue weighted by Gasteiger charge is -2.30. The van der Waals surface area contributed by atoms with Gasteiger partial charge in [0.05, 0.1) is 32.3 Å². The zero-order chi connectivity index (χ0) is 70.5. The number of ether oxygens (including phenoxy) is 1. The number of carboxylic acid groups (broad SMARTS) is 4. The number of esters is 1. The number of carbonyl (C=O) groups excluding carboxylic acids is 13. The lowest BCUT2D eigenvalue weighted by Crippen LogP contribution is -2.62. The molecule has 5 rings (SSSR count). The first kappa shape index (κ1) is 74.2. The van der Waals surface area contributed by atoms with Crippen molar-refractivity contribution in [2.75, 3.05) is 6.61 Å². The lowest BCUT2D eigenvalue weighted by molar-refractivity contribution is -0.156. The summed E-state index contributed by atoms with van der Waals surface area (Å²) in [7, 11) is 0. The molecule has 1 aliphatic rings. The minimum atomic E-state index is -2.26. The number of aliphatic carboxylic acids is 4. The number of carbonyl (C=O) groups is 17. The molecule has 0 saturated carbocycles. The second kappa shape index (κ2) is 34.2. The van der Waals surface area contributed by atoms with Crippen LogP contribution in [-0.2, 0) is 99.1 Å². The summed E-state index contributed by atoms with van der Waals surface area (Å²) < 4.78 is 5.83. The number of fused-ring (bicyclic) bond motifs is 2. The molecule has 12 amide bonds. The predicted octanol–water partition coefficient (Wildman–Crippen LogP) is -6.07. The summed E-state index contributed by atoms with van der Waals surface area (Å²) in [5, 5.41) is 74.3. The summed E-state index contributed by atoms with van der Waals surface area (Å²) in [6.07, 6.45) is -6.68. The third-order valence-corrected chi connectivity index (χ3v) is 14.5. The van der Waals surface area contributed by atoms with Crippen molar-refractivity contribution in [1.29, 1.82) is 0 Å². The van der Waals surface area contributed by atoms with E-state index in [1.165, 1.54) is 12.4 Å². The van der Waals surface area contributed by atoms with E-state index >= 15 is 0 Å². The van der Waals surface area contributed by atoms with Crippen LogP contribution in [0, 0.1) is 0 Å². The number of rotatable bonds is 19. The van der Waals surface area contributed by atoms with Crippen molar-refractivity contribution in [3.63, 3.8) is 0 Å². The first-order valence-electron chi connectivity index (χ1n) is 29.1. The Morgan fingerprint density at radius 2 is 0.874 bits per heavy atom. The fraction of sp³-hybridized carbons (Fsp3) is 0.431. The van der Waals surface area contributed by atoms with Gasteiger partial charge < -0.3 is 104 Å². The minimum absolute atomic E-state index is 0.266. The molecule has 0 bridgehead atoms. The number of amides is 12. The summed E-state index contributed by atoms with van der Waals surface area (Å²) in [5.74, 6) is -24.2. The van der Waals surface area contributed by atoms with Crippen LogP contribution in [0.5, 0.6) is 0 Å². The van der Waals surface area contributed by atoms with E-state index in [0.717, 1.165) is 27.7 Å². The Bertz CT molecular complexity index is 3630. The number of nitrogens with one attached hydrogen (secondary N) is 13. The van der Waals surface area contributed by atoms with Gasteiger partial charge in [0.15, 0.2) is 0 Å². The number of aromatic nitrogens is 2.